The zero-order valence-electron chi connectivity index (χ0n) is 13.5. The Balaban J connectivity index is 1.84. The van der Waals surface area contributed by atoms with Gasteiger partial charge in [-0.15, -0.1) is 0 Å². The first kappa shape index (κ1) is 15.9. The molecule has 25 heavy (non-hydrogen) atoms. The minimum absolute atomic E-state index is 0.0121. The lowest BCUT2D eigenvalue weighted by molar-refractivity contribution is 0.447. The molecule has 0 nitrogen and oxygen atoms in total. The lowest BCUT2D eigenvalue weighted by Crippen LogP contribution is -1.95. The molecule has 0 bridgehead atoms. The topological polar surface area (TPSA) is 0 Å². The Kier molecular flexibility index (Phi) is 3.64. The standard InChI is InChI=1S/C21H14F4/c1-2-11-3-4-15-12(5-11)6-13-7-17(18(22)10-16(13)15)14-8-19(23)21(25)20(24)9-14/h3-5,7-10H,2,6H2,1H3. The lowest BCUT2D eigenvalue weighted by atomic mass is 9.98. The quantitative estimate of drug-likeness (QED) is 0.307. The molecule has 3 aromatic rings. The molecule has 1 aliphatic rings. The molecule has 126 valence electrons. The molecule has 0 aliphatic heterocycles. The van der Waals surface area contributed by atoms with Gasteiger partial charge >= 0.3 is 0 Å². The van der Waals surface area contributed by atoms with E-state index in [1.807, 2.05) is 12.1 Å². The van der Waals surface area contributed by atoms with Crippen LogP contribution in [-0.2, 0) is 12.8 Å². The molecule has 0 heterocycles. The Morgan fingerprint density at radius 1 is 0.720 bits per heavy atom. The maximum atomic E-state index is 14.6. The van der Waals surface area contributed by atoms with Crippen LogP contribution < -0.4 is 0 Å². The summed E-state index contributed by atoms with van der Waals surface area (Å²) in [7, 11) is 0. The van der Waals surface area contributed by atoms with Crippen LogP contribution in [0, 0.1) is 23.3 Å². The smallest absolute Gasteiger partial charge is 0.194 e. The molecule has 0 saturated carbocycles. The fraction of sp³-hybridized carbons (Fsp3) is 0.143. The summed E-state index contributed by atoms with van der Waals surface area (Å²) in [6.45, 7) is 2.07. The van der Waals surface area contributed by atoms with Crippen LogP contribution >= 0.6 is 0 Å². The van der Waals surface area contributed by atoms with Crippen LogP contribution in [-0.4, -0.2) is 0 Å². The number of rotatable bonds is 2. The van der Waals surface area contributed by atoms with Crippen molar-refractivity contribution in [2.45, 2.75) is 19.8 Å². The molecule has 0 unspecified atom stereocenters. The van der Waals surface area contributed by atoms with E-state index in [1.54, 1.807) is 6.07 Å². The highest BCUT2D eigenvalue weighted by Crippen LogP contribution is 2.40. The molecule has 3 aromatic carbocycles. The second kappa shape index (κ2) is 5.73. The molecule has 0 radical (unpaired) electrons. The average molecular weight is 342 g/mol. The Labute approximate surface area is 142 Å². The number of benzene rings is 3. The number of aryl methyl sites for hydroxylation is 1. The van der Waals surface area contributed by atoms with E-state index in [9.17, 15) is 17.6 Å². The third-order valence-corrected chi connectivity index (χ3v) is 4.74. The Morgan fingerprint density at radius 2 is 1.40 bits per heavy atom. The molecule has 0 fully saturated rings. The van der Waals surface area contributed by atoms with Gasteiger partial charge in [0.25, 0.3) is 0 Å². The molecule has 1 aliphatic carbocycles. The summed E-state index contributed by atoms with van der Waals surface area (Å²) in [6.07, 6.45) is 1.55. The SMILES string of the molecule is CCc1ccc2c(c1)Cc1cc(-c3cc(F)c(F)c(F)c3)c(F)cc1-2. The molecule has 0 saturated heterocycles. The van der Waals surface area contributed by atoms with E-state index in [4.69, 9.17) is 0 Å². The van der Waals surface area contributed by atoms with E-state index >= 15 is 0 Å². The van der Waals surface area contributed by atoms with Crippen molar-refractivity contribution in [1.82, 2.24) is 0 Å². The number of hydrogen-bond donors (Lipinski definition) is 0. The molecule has 0 amide bonds. The summed E-state index contributed by atoms with van der Waals surface area (Å²) in [6, 6.07) is 10.7. The molecule has 0 spiro atoms. The van der Waals surface area contributed by atoms with Gasteiger partial charge in [-0.1, -0.05) is 25.1 Å². The summed E-state index contributed by atoms with van der Waals surface area (Å²) in [4.78, 5) is 0. The molecule has 4 rings (SSSR count). The summed E-state index contributed by atoms with van der Waals surface area (Å²) in [5.74, 6) is -4.79. The average Bonchev–Trinajstić information content (AvgIpc) is 2.95. The molecule has 0 aromatic heterocycles. The highest BCUT2D eigenvalue weighted by Gasteiger charge is 2.22. The van der Waals surface area contributed by atoms with Crippen molar-refractivity contribution in [3.63, 3.8) is 0 Å². The van der Waals surface area contributed by atoms with E-state index in [-0.39, 0.29) is 11.1 Å². The third kappa shape index (κ3) is 2.53. The van der Waals surface area contributed by atoms with Gasteiger partial charge in [-0.3, -0.25) is 0 Å². The fourth-order valence-corrected chi connectivity index (χ4v) is 3.43. The van der Waals surface area contributed by atoms with Gasteiger partial charge in [-0.25, -0.2) is 17.6 Å². The van der Waals surface area contributed by atoms with Gasteiger partial charge in [0.2, 0.25) is 0 Å². The molecule has 4 heteroatoms. The normalized spacial score (nSPS) is 12.2. The largest absolute Gasteiger partial charge is 0.206 e. The van der Waals surface area contributed by atoms with Crippen molar-refractivity contribution < 1.29 is 17.6 Å². The van der Waals surface area contributed by atoms with Crippen LogP contribution in [0.1, 0.15) is 23.6 Å². The van der Waals surface area contributed by atoms with Crippen LogP contribution in [0.4, 0.5) is 17.6 Å². The van der Waals surface area contributed by atoms with E-state index < -0.39 is 23.3 Å². The van der Waals surface area contributed by atoms with Gasteiger partial charge in [0.05, 0.1) is 0 Å². The first-order chi connectivity index (χ1) is 12.0. The van der Waals surface area contributed by atoms with Crippen LogP contribution in [0.15, 0.2) is 42.5 Å². The Bertz CT molecular complexity index is 982. The molecular weight excluding hydrogens is 328 g/mol. The highest BCUT2D eigenvalue weighted by molar-refractivity contribution is 5.80. The van der Waals surface area contributed by atoms with Crippen molar-refractivity contribution in [3.05, 3.63) is 82.4 Å². The zero-order valence-corrected chi connectivity index (χ0v) is 13.5. The van der Waals surface area contributed by atoms with Gasteiger partial charge in [0.1, 0.15) is 5.82 Å². The zero-order chi connectivity index (χ0) is 17.7. The van der Waals surface area contributed by atoms with Gasteiger partial charge in [-0.2, -0.15) is 0 Å². The third-order valence-electron chi connectivity index (χ3n) is 4.74. The Morgan fingerprint density at radius 3 is 2.08 bits per heavy atom. The van der Waals surface area contributed by atoms with Crippen LogP contribution in [0.5, 0.6) is 0 Å². The Hall–Kier alpha value is -2.62. The number of halogens is 4. The van der Waals surface area contributed by atoms with E-state index in [2.05, 4.69) is 13.0 Å². The summed E-state index contributed by atoms with van der Waals surface area (Å²) >= 11 is 0. The summed E-state index contributed by atoms with van der Waals surface area (Å²) < 4.78 is 54.7. The predicted octanol–water partition coefficient (Wildman–Crippen LogP) is 6.04. The maximum absolute atomic E-state index is 14.6. The monoisotopic (exact) mass is 342 g/mol. The second-order valence-electron chi connectivity index (χ2n) is 6.26. The van der Waals surface area contributed by atoms with E-state index in [0.717, 1.165) is 40.8 Å². The van der Waals surface area contributed by atoms with Crippen molar-refractivity contribution >= 4 is 0 Å². The predicted molar refractivity (Wildman–Crippen MR) is 89.3 cm³/mol. The minimum atomic E-state index is -1.55. The van der Waals surface area contributed by atoms with Gasteiger partial charge in [0.15, 0.2) is 17.5 Å². The highest BCUT2D eigenvalue weighted by atomic mass is 19.2. The van der Waals surface area contributed by atoms with Crippen molar-refractivity contribution in [2.24, 2.45) is 0 Å². The van der Waals surface area contributed by atoms with Gasteiger partial charge in [-0.05, 0) is 70.5 Å². The van der Waals surface area contributed by atoms with Crippen molar-refractivity contribution in [1.29, 1.82) is 0 Å². The first-order valence-corrected chi connectivity index (χ1v) is 8.07. The number of hydrogen-bond acceptors (Lipinski definition) is 0. The van der Waals surface area contributed by atoms with Crippen LogP contribution in [0.3, 0.4) is 0 Å². The molecule has 0 N–H and O–H groups in total. The van der Waals surface area contributed by atoms with Gasteiger partial charge < -0.3 is 0 Å². The lowest BCUT2D eigenvalue weighted by Gasteiger charge is -2.09. The molecule has 0 atom stereocenters. The van der Waals surface area contributed by atoms with Crippen LogP contribution in [0.2, 0.25) is 0 Å². The van der Waals surface area contributed by atoms with E-state index in [0.29, 0.717) is 6.42 Å². The summed E-state index contributed by atoms with van der Waals surface area (Å²) in [5.41, 5.74) is 5.04. The second-order valence-corrected chi connectivity index (χ2v) is 6.26. The maximum Gasteiger partial charge on any atom is 0.194 e. The van der Waals surface area contributed by atoms with E-state index in [1.165, 1.54) is 11.6 Å². The summed E-state index contributed by atoms with van der Waals surface area (Å²) in [5, 5.41) is 0. The number of fused-ring (bicyclic) bond motifs is 3. The van der Waals surface area contributed by atoms with Crippen molar-refractivity contribution in [2.75, 3.05) is 0 Å². The fourth-order valence-electron chi connectivity index (χ4n) is 3.43. The first-order valence-electron chi connectivity index (χ1n) is 8.07. The van der Waals surface area contributed by atoms with Crippen molar-refractivity contribution in [3.8, 4) is 22.3 Å². The molecular formula is C21H14F4. The van der Waals surface area contributed by atoms with Crippen LogP contribution in [0.25, 0.3) is 22.3 Å². The minimum Gasteiger partial charge on any atom is -0.206 e. The van der Waals surface area contributed by atoms with Gasteiger partial charge in [0, 0.05) is 5.56 Å².